The van der Waals surface area contributed by atoms with Crippen molar-refractivity contribution in [2.75, 3.05) is 13.1 Å². The van der Waals surface area contributed by atoms with Gasteiger partial charge < -0.3 is 10.6 Å². The Labute approximate surface area is 147 Å². The van der Waals surface area contributed by atoms with Crippen molar-refractivity contribution in [2.45, 2.75) is 31.5 Å². The highest BCUT2D eigenvalue weighted by Crippen LogP contribution is 2.32. The molecule has 0 bridgehead atoms. The third kappa shape index (κ3) is 4.19. The lowest BCUT2D eigenvalue weighted by atomic mass is 10.1. The molecule has 0 radical (unpaired) electrons. The summed E-state index contributed by atoms with van der Waals surface area (Å²) in [5.41, 5.74) is 5.79. The Morgan fingerprint density at radius 2 is 1.92 bits per heavy atom. The molecular formula is C17H18F3N3OS. The number of amides is 1. The van der Waals surface area contributed by atoms with Crippen LogP contribution in [0.4, 0.5) is 13.2 Å². The van der Waals surface area contributed by atoms with Crippen LogP contribution in [0.25, 0.3) is 10.6 Å². The number of carbonyl (C=O) groups excluding carboxylic acids is 1. The van der Waals surface area contributed by atoms with Crippen molar-refractivity contribution in [3.8, 4) is 10.6 Å². The lowest BCUT2D eigenvalue weighted by Crippen LogP contribution is -2.32. The van der Waals surface area contributed by atoms with Crippen molar-refractivity contribution in [1.29, 1.82) is 0 Å². The Hall–Kier alpha value is -1.93. The minimum Gasteiger partial charge on any atom is -0.338 e. The molecule has 2 aromatic rings. The molecular weight excluding hydrogens is 351 g/mol. The van der Waals surface area contributed by atoms with Crippen molar-refractivity contribution in [1.82, 2.24) is 9.88 Å². The van der Waals surface area contributed by atoms with Crippen molar-refractivity contribution in [3.05, 3.63) is 40.9 Å². The second kappa shape index (κ2) is 7.13. The quantitative estimate of drug-likeness (QED) is 0.876. The molecule has 1 aromatic carbocycles. The van der Waals surface area contributed by atoms with E-state index in [1.807, 2.05) is 0 Å². The van der Waals surface area contributed by atoms with Gasteiger partial charge in [-0.25, -0.2) is 4.98 Å². The fourth-order valence-corrected chi connectivity index (χ4v) is 3.68. The summed E-state index contributed by atoms with van der Waals surface area (Å²) >= 11 is 1.19. The first kappa shape index (κ1) is 17.9. The predicted molar refractivity (Wildman–Crippen MR) is 90.3 cm³/mol. The van der Waals surface area contributed by atoms with Gasteiger partial charge in [-0.05, 0) is 31.4 Å². The monoisotopic (exact) mass is 369 g/mol. The van der Waals surface area contributed by atoms with E-state index in [1.165, 1.54) is 29.7 Å². The molecule has 3 rings (SSSR count). The largest absolute Gasteiger partial charge is 0.416 e. The second-order valence-corrected chi connectivity index (χ2v) is 7.12. The molecule has 1 saturated heterocycles. The average Bonchev–Trinajstić information content (AvgIpc) is 2.97. The number of hydrogen-bond donors (Lipinski definition) is 1. The first-order chi connectivity index (χ1) is 11.8. The first-order valence-corrected chi connectivity index (χ1v) is 8.84. The van der Waals surface area contributed by atoms with Gasteiger partial charge in [0.15, 0.2) is 0 Å². The van der Waals surface area contributed by atoms with Crippen LogP contribution in [-0.2, 0) is 6.18 Å². The van der Waals surface area contributed by atoms with Gasteiger partial charge in [0.2, 0.25) is 0 Å². The second-order valence-electron chi connectivity index (χ2n) is 6.09. The van der Waals surface area contributed by atoms with Gasteiger partial charge in [0, 0.05) is 24.7 Å². The Bertz CT molecular complexity index is 742. The molecule has 1 fully saturated rings. The lowest BCUT2D eigenvalue weighted by molar-refractivity contribution is -0.137. The van der Waals surface area contributed by atoms with Crippen LogP contribution in [0.3, 0.4) is 0 Å². The van der Waals surface area contributed by atoms with Crippen LogP contribution in [0.2, 0.25) is 0 Å². The number of carbonyl (C=O) groups is 1. The van der Waals surface area contributed by atoms with Crippen LogP contribution in [0.5, 0.6) is 0 Å². The Kier molecular flexibility index (Phi) is 5.10. The van der Waals surface area contributed by atoms with Crippen LogP contribution in [0, 0.1) is 0 Å². The molecule has 0 spiro atoms. The van der Waals surface area contributed by atoms with E-state index in [9.17, 15) is 18.0 Å². The summed E-state index contributed by atoms with van der Waals surface area (Å²) in [6.07, 6.45) is -0.321. The number of thiazole rings is 1. The maximum atomic E-state index is 12.6. The number of alkyl halides is 3. The van der Waals surface area contributed by atoms with E-state index >= 15 is 0 Å². The fourth-order valence-electron chi connectivity index (χ4n) is 2.79. The summed E-state index contributed by atoms with van der Waals surface area (Å²) in [7, 11) is 0. The van der Waals surface area contributed by atoms with E-state index in [0.717, 1.165) is 31.4 Å². The number of aromatic nitrogens is 1. The summed E-state index contributed by atoms with van der Waals surface area (Å²) in [4.78, 5) is 19.1. The highest BCUT2D eigenvalue weighted by Gasteiger charge is 2.30. The van der Waals surface area contributed by atoms with Crippen LogP contribution in [0.15, 0.2) is 30.5 Å². The van der Waals surface area contributed by atoms with Crippen molar-refractivity contribution >= 4 is 17.2 Å². The molecule has 2 N–H and O–H groups in total. The highest BCUT2D eigenvalue weighted by atomic mass is 32.1. The zero-order valence-corrected chi connectivity index (χ0v) is 14.2. The minimum absolute atomic E-state index is 0.0928. The standard InChI is InChI=1S/C17H18F3N3OS/c18-17(19,20)12-5-3-11(4-6-12)15-22-10-14(25-15)16(24)23-8-1-2-13(21)7-9-23/h3-6,10,13H,1-2,7-9,21H2. The SMILES string of the molecule is NC1CCCN(C(=O)c2cnc(-c3ccc(C(F)(F)F)cc3)s2)CC1. The number of hydrogen-bond acceptors (Lipinski definition) is 4. The molecule has 1 amide bonds. The molecule has 0 aliphatic carbocycles. The van der Waals surface area contributed by atoms with E-state index in [1.54, 1.807) is 4.90 Å². The number of rotatable bonds is 2. The third-order valence-corrected chi connectivity index (χ3v) is 5.27. The van der Waals surface area contributed by atoms with Crippen molar-refractivity contribution in [2.24, 2.45) is 5.73 Å². The zero-order chi connectivity index (χ0) is 18.0. The van der Waals surface area contributed by atoms with E-state index in [-0.39, 0.29) is 11.9 Å². The van der Waals surface area contributed by atoms with Gasteiger partial charge in [-0.2, -0.15) is 13.2 Å². The molecule has 25 heavy (non-hydrogen) atoms. The Morgan fingerprint density at radius 3 is 2.60 bits per heavy atom. The molecule has 0 saturated carbocycles. The molecule has 1 atom stereocenters. The predicted octanol–water partition coefficient (Wildman–Crippen LogP) is 3.78. The van der Waals surface area contributed by atoms with Gasteiger partial charge in [0.1, 0.15) is 9.88 Å². The van der Waals surface area contributed by atoms with Crippen molar-refractivity contribution < 1.29 is 18.0 Å². The smallest absolute Gasteiger partial charge is 0.338 e. The van der Waals surface area contributed by atoms with Gasteiger partial charge in [-0.1, -0.05) is 12.1 Å². The number of likely N-dealkylation sites (tertiary alicyclic amines) is 1. The van der Waals surface area contributed by atoms with Gasteiger partial charge >= 0.3 is 6.18 Å². The summed E-state index contributed by atoms with van der Waals surface area (Å²) in [5, 5.41) is 0.531. The zero-order valence-electron chi connectivity index (χ0n) is 13.4. The number of nitrogens with two attached hydrogens (primary N) is 1. The summed E-state index contributed by atoms with van der Waals surface area (Å²) in [6.45, 7) is 1.29. The highest BCUT2D eigenvalue weighted by molar-refractivity contribution is 7.16. The van der Waals surface area contributed by atoms with Gasteiger partial charge in [0.05, 0.1) is 11.8 Å². The Morgan fingerprint density at radius 1 is 1.20 bits per heavy atom. The van der Waals surface area contributed by atoms with Crippen LogP contribution in [0.1, 0.15) is 34.5 Å². The third-order valence-electron chi connectivity index (χ3n) is 4.24. The topological polar surface area (TPSA) is 59.2 Å². The maximum Gasteiger partial charge on any atom is 0.416 e. The van der Waals surface area contributed by atoms with Gasteiger partial charge in [0.25, 0.3) is 5.91 Å². The molecule has 1 unspecified atom stereocenters. The molecule has 1 aliphatic heterocycles. The van der Waals surface area contributed by atoms with Gasteiger partial charge in [-0.3, -0.25) is 4.79 Å². The van der Waals surface area contributed by atoms with E-state index in [0.29, 0.717) is 28.5 Å². The summed E-state index contributed by atoms with van der Waals surface area (Å²) in [5.74, 6) is -0.0928. The summed E-state index contributed by atoms with van der Waals surface area (Å²) in [6, 6.07) is 4.92. The molecule has 2 heterocycles. The Balaban J connectivity index is 1.74. The summed E-state index contributed by atoms with van der Waals surface area (Å²) < 4.78 is 37.9. The van der Waals surface area contributed by atoms with Crippen LogP contribution >= 0.6 is 11.3 Å². The number of benzene rings is 1. The van der Waals surface area contributed by atoms with Gasteiger partial charge in [-0.15, -0.1) is 11.3 Å². The average molecular weight is 369 g/mol. The van der Waals surface area contributed by atoms with E-state index in [2.05, 4.69) is 4.98 Å². The van der Waals surface area contributed by atoms with Crippen molar-refractivity contribution in [3.63, 3.8) is 0 Å². The van der Waals surface area contributed by atoms with Crippen LogP contribution in [-0.4, -0.2) is 34.9 Å². The van der Waals surface area contributed by atoms with Crippen LogP contribution < -0.4 is 5.73 Å². The van der Waals surface area contributed by atoms with E-state index in [4.69, 9.17) is 5.73 Å². The maximum absolute atomic E-state index is 12.6. The minimum atomic E-state index is -4.36. The fraction of sp³-hybridized carbons (Fsp3) is 0.412. The molecule has 8 heteroatoms. The number of nitrogens with zero attached hydrogens (tertiary/aromatic N) is 2. The molecule has 1 aliphatic rings. The normalized spacial score (nSPS) is 18.9. The molecule has 4 nitrogen and oxygen atoms in total. The molecule has 134 valence electrons. The number of halogens is 3. The molecule has 1 aromatic heterocycles. The lowest BCUT2D eigenvalue weighted by Gasteiger charge is -2.19. The van der Waals surface area contributed by atoms with E-state index < -0.39 is 11.7 Å². The first-order valence-electron chi connectivity index (χ1n) is 8.03.